The van der Waals surface area contributed by atoms with Crippen LogP contribution in [0.25, 0.3) is 0 Å². The van der Waals surface area contributed by atoms with E-state index in [0.29, 0.717) is 40.5 Å². The van der Waals surface area contributed by atoms with Gasteiger partial charge in [0, 0.05) is 45.1 Å². The van der Waals surface area contributed by atoms with Gasteiger partial charge in [-0.2, -0.15) is 5.26 Å². The van der Waals surface area contributed by atoms with Crippen molar-refractivity contribution in [2.45, 2.75) is 245 Å². The van der Waals surface area contributed by atoms with Crippen LogP contribution in [-0.2, 0) is 66.7 Å². The van der Waals surface area contributed by atoms with Crippen molar-refractivity contribution in [1.82, 2.24) is 0 Å². The maximum Gasteiger partial charge on any atom is 0.344 e. The number of carbonyl (C=O) groups is 7. The monoisotopic (exact) mass is 1150 g/mol. The molecule has 1 saturated heterocycles. The third-order valence-corrected chi connectivity index (χ3v) is 21.1. The van der Waals surface area contributed by atoms with Crippen LogP contribution < -0.4 is 0 Å². The van der Waals surface area contributed by atoms with Crippen molar-refractivity contribution in [3.05, 3.63) is 60.8 Å². The summed E-state index contributed by atoms with van der Waals surface area (Å²) in [6.07, 6.45) is 24.1. The molecule has 0 amide bonds. The Balaban J connectivity index is 0.000000150. The van der Waals surface area contributed by atoms with E-state index in [1.54, 1.807) is 27.7 Å². The van der Waals surface area contributed by atoms with Crippen LogP contribution in [0, 0.1) is 75.4 Å². The molecule has 12 aliphatic carbocycles. The fourth-order valence-electron chi connectivity index (χ4n) is 17.2. The Bertz CT molecular complexity index is 2560. The summed E-state index contributed by atoms with van der Waals surface area (Å²) in [7, 11) is 0. The van der Waals surface area contributed by atoms with Gasteiger partial charge in [0.15, 0.2) is 12.0 Å². The lowest BCUT2D eigenvalue weighted by Crippen LogP contribution is -2.59. The van der Waals surface area contributed by atoms with Crippen LogP contribution in [0.4, 0.5) is 0 Å². The van der Waals surface area contributed by atoms with E-state index in [1.807, 2.05) is 13.8 Å². The Kier molecular flexibility index (Phi) is 20.1. The van der Waals surface area contributed by atoms with E-state index in [9.17, 15) is 38.8 Å². The average Bonchev–Trinajstić information content (AvgIpc) is 1.97. The lowest BCUT2D eigenvalue weighted by Gasteiger charge is -2.61. The smallest absolute Gasteiger partial charge is 0.344 e. The van der Waals surface area contributed by atoms with Gasteiger partial charge in [-0.3, -0.25) is 4.79 Å². The highest BCUT2D eigenvalue weighted by Gasteiger charge is 2.72. The molecule has 0 aromatic rings. The number of hydrogen-bond donors (Lipinski definition) is 0. The second-order valence-electron chi connectivity index (χ2n) is 28.4. The molecule has 13 fully saturated rings. The molecule has 0 aromatic carbocycles. The fourth-order valence-corrected chi connectivity index (χ4v) is 17.2. The summed E-state index contributed by atoms with van der Waals surface area (Å²) in [5, 5.41) is 9.22. The molecule has 13 aliphatic rings. The molecule has 15 nitrogen and oxygen atoms in total. The maximum atomic E-state index is 12.0. The first-order valence-electron chi connectivity index (χ1n) is 31.0. The minimum absolute atomic E-state index is 0.0504. The van der Waals surface area contributed by atoms with Crippen LogP contribution in [0.2, 0.25) is 0 Å². The summed E-state index contributed by atoms with van der Waals surface area (Å²) in [4.78, 5) is 80.9. The number of nitrogens with zero attached hydrogens (tertiary/aromatic N) is 1. The normalized spacial score (nSPS) is 34.8. The second-order valence-corrected chi connectivity index (χ2v) is 28.4. The third kappa shape index (κ3) is 14.3. The molecule has 0 N–H and O–H groups in total. The van der Waals surface area contributed by atoms with Gasteiger partial charge in [-0.1, -0.05) is 39.8 Å². The molecule has 0 spiro atoms. The number of nitriles is 1. The summed E-state index contributed by atoms with van der Waals surface area (Å²) in [6.45, 7) is 36.3. The zero-order valence-electron chi connectivity index (χ0n) is 51.8. The van der Waals surface area contributed by atoms with Gasteiger partial charge in [0.1, 0.15) is 34.6 Å². The van der Waals surface area contributed by atoms with Crippen molar-refractivity contribution in [1.29, 1.82) is 5.26 Å². The van der Waals surface area contributed by atoms with Gasteiger partial charge in [-0.25, -0.2) is 28.8 Å². The highest BCUT2D eigenvalue weighted by Crippen LogP contribution is 2.65. The number of rotatable bonds is 14. The molecule has 0 aromatic heterocycles. The van der Waals surface area contributed by atoms with Gasteiger partial charge in [-0.05, 0) is 245 Å². The van der Waals surface area contributed by atoms with E-state index in [4.69, 9.17) is 33.2 Å². The molecule has 1 heterocycles. The average molecular weight is 1150 g/mol. The molecule has 0 radical (unpaired) electrons. The first-order valence-corrected chi connectivity index (χ1v) is 31.0. The van der Waals surface area contributed by atoms with Gasteiger partial charge in [-0.15, -0.1) is 0 Å². The summed E-state index contributed by atoms with van der Waals surface area (Å²) < 4.78 is 37.8. The van der Waals surface area contributed by atoms with Crippen molar-refractivity contribution in [2.75, 3.05) is 6.61 Å². The van der Waals surface area contributed by atoms with Crippen LogP contribution >= 0.6 is 0 Å². The number of hydrogen-bond acceptors (Lipinski definition) is 15. The Labute approximate surface area is 494 Å². The molecule has 5 atom stereocenters. The van der Waals surface area contributed by atoms with Gasteiger partial charge >= 0.3 is 41.8 Å². The molecule has 5 unspecified atom stereocenters. The van der Waals surface area contributed by atoms with Crippen molar-refractivity contribution in [3.63, 3.8) is 0 Å². The molecule has 83 heavy (non-hydrogen) atoms. The predicted octanol–water partition coefficient (Wildman–Crippen LogP) is 13.2. The molecule has 10 bridgehead atoms. The molecule has 458 valence electrons. The predicted molar refractivity (Wildman–Crippen MR) is 312 cm³/mol. The van der Waals surface area contributed by atoms with Crippen LogP contribution in [0.1, 0.15) is 210 Å². The topological polar surface area (TPSA) is 208 Å². The summed E-state index contributed by atoms with van der Waals surface area (Å²) in [6, 6.07) is 2.11. The summed E-state index contributed by atoms with van der Waals surface area (Å²) in [5.74, 6) is 3.02. The van der Waals surface area contributed by atoms with Crippen molar-refractivity contribution >= 4 is 41.8 Å². The quantitative estimate of drug-likeness (QED) is 0.0900. The maximum absolute atomic E-state index is 12.0. The third-order valence-electron chi connectivity index (χ3n) is 21.1. The van der Waals surface area contributed by atoms with Crippen molar-refractivity contribution in [2.24, 2.45) is 64.1 Å². The highest BCUT2D eigenvalue weighted by molar-refractivity contribution is 5.90. The molecule has 15 heteroatoms. The van der Waals surface area contributed by atoms with E-state index in [-0.39, 0.29) is 69.7 Å². The number of fused-ring (bicyclic) bond motifs is 1. The van der Waals surface area contributed by atoms with E-state index in [0.717, 1.165) is 81.0 Å². The van der Waals surface area contributed by atoms with E-state index < -0.39 is 41.5 Å². The van der Waals surface area contributed by atoms with E-state index in [1.165, 1.54) is 90.4 Å². The summed E-state index contributed by atoms with van der Waals surface area (Å²) >= 11 is 0. The Morgan fingerprint density at radius 2 is 1.02 bits per heavy atom. The van der Waals surface area contributed by atoms with Crippen LogP contribution in [-0.4, -0.2) is 83.0 Å². The molecule has 1 aliphatic heterocycles. The van der Waals surface area contributed by atoms with Crippen LogP contribution in [0.15, 0.2) is 60.8 Å². The fraction of sp³-hybridized carbons (Fsp3) is 0.735. The molecule has 13 rings (SSSR count). The highest BCUT2D eigenvalue weighted by atomic mass is 16.6. The lowest BCUT2D eigenvalue weighted by molar-refractivity contribution is -0.207. The van der Waals surface area contributed by atoms with Gasteiger partial charge in [0.2, 0.25) is 0 Å². The first-order chi connectivity index (χ1) is 38.8. The van der Waals surface area contributed by atoms with Crippen LogP contribution in [0.3, 0.4) is 0 Å². The minimum Gasteiger partial charge on any atom is -0.457 e. The van der Waals surface area contributed by atoms with Crippen molar-refractivity contribution < 1.29 is 66.7 Å². The Hall–Kier alpha value is -5.52. The largest absolute Gasteiger partial charge is 0.457 e. The number of ether oxygens (including phenoxy) is 7. The van der Waals surface area contributed by atoms with E-state index in [2.05, 4.69) is 59.7 Å². The van der Waals surface area contributed by atoms with Crippen LogP contribution in [0.5, 0.6) is 0 Å². The standard InChI is InChI=1S/C17H26O2.C16H24O2.C13H13NO4.C12H18O4.C10H16O2/c1-11(2)15(18)19-16(3,4)17-8-12-5-13(9-17)7-14(6-12)10-17;1-4-16(18-15(17)10(2)3)13-6-11-5-12(8-13)9-14(16)7-11;1-6(2)11(15)17-9-7-3-8-10(9)18-12(16)13(8,4-7)5-14;1-9(2)11(14)15-8-10(13)16-12(3)6-4-5-7-12;1-8(2)9(11)12-10(3)6-4-5-7-10/h12-14H,1,5-10H2,2-4H3;11-14H,2,4-9H2,1,3H3;7-10H,1,3-4H2,2H3;1,4-8H2,2-3H3;1,4-7H2,2-3H3. The Morgan fingerprint density at radius 1 is 0.590 bits per heavy atom. The number of esters is 7. The second kappa shape index (κ2) is 25.6. The zero-order valence-corrected chi connectivity index (χ0v) is 51.8. The first kappa shape index (κ1) is 65.0. The van der Waals surface area contributed by atoms with Gasteiger partial charge in [0.25, 0.3) is 0 Å². The van der Waals surface area contributed by atoms with Crippen molar-refractivity contribution in [3.8, 4) is 6.07 Å². The number of carbonyl (C=O) groups excluding carboxylic acids is 7. The van der Waals surface area contributed by atoms with E-state index >= 15 is 0 Å². The molecule has 12 saturated carbocycles. The SMILES string of the molecule is C=C(C)C(=O)OC(C)(C)C12CC3CC(CC(C3)C1)C2.C=C(C)C(=O)OC1(C)CCCC1.C=C(C)C(=O)OC1(CC)C2CC3CC(C2)CC1C3.C=C(C)C(=O)OC1C2CC3C1OC(=O)C3(C#N)C2.C=C(C)C(=O)OCC(=O)OC1(C)CCCC1. The zero-order chi connectivity index (χ0) is 61.2. The summed E-state index contributed by atoms with van der Waals surface area (Å²) in [5.41, 5.74) is 0.297. The van der Waals surface area contributed by atoms with Gasteiger partial charge in [0.05, 0.1) is 6.07 Å². The minimum atomic E-state index is -0.985. The van der Waals surface area contributed by atoms with Gasteiger partial charge < -0.3 is 33.2 Å². The molecular weight excluding hydrogens is 1050 g/mol. The lowest BCUT2D eigenvalue weighted by atomic mass is 9.46. The Morgan fingerprint density at radius 3 is 1.46 bits per heavy atom. The molecular formula is C68H97NO14.